The second-order valence-electron chi connectivity index (χ2n) is 6.99. The van der Waals surface area contributed by atoms with E-state index in [0.717, 1.165) is 12.0 Å². The Morgan fingerprint density at radius 1 is 1.07 bits per heavy atom. The monoisotopic (exact) mass is 419 g/mol. The summed E-state index contributed by atoms with van der Waals surface area (Å²) in [5.74, 6) is 0.330. The van der Waals surface area contributed by atoms with E-state index >= 15 is 0 Å². The van der Waals surface area contributed by atoms with Gasteiger partial charge in [0.1, 0.15) is 5.60 Å². The smallest absolute Gasteiger partial charge is 0.347 e. The number of hydrogen-bond donors (Lipinski definition) is 3. The molecule has 3 amide bonds. The van der Waals surface area contributed by atoms with Gasteiger partial charge in [-0.3, -0.25) is 10.2 Å². The summed E-state index contributed by atoms with van der Waals surface area (Å²) in [6.07, 6.45) is 0.726. The highest BCUT2D eigenvalue weighted by atomic mass is 32.2. The number of hydrazine groups is 1. The third-order valence-electron chi connectivity index (χ3n) is 4.01. The summed E-state index contributed by atoms with van der Waals surface area (Å²) in [5, 5.41) is 0. The molecule has 2 aromatic rings. The van der Waals surface area contributed by atoms with Crippen LogP contribution in [-0.2, 0) is 21.2 Å². The van der Waals surface area contributed by atoms with Crippen molar-refractivity contribution in [3.8, 4) is 11.5 Å². The van der Waals surface area contributed by atoms with Crippen molar-refractivity contribution in [2.45, 2.75) is 30.8 Å². The minimum Gasteiger partial charge on any atom is -0.483 e. The molecule has 0 aromatic heterocycles. The van der Waals surface area contributed by atoms with Crippen LogP contribution in [0.2, 0.25) is 0 Å². The van der Waals surface area contributed by atoms with Crippen LogP contribution in [0.4, 0.5) is 4.79 Å². The first-order valence-electron chi connectivity index (χ1n) is 8.77. The Morgan fingerprint density at radius 2 is 1.79 bits per heavy atom. The number of urea groups is 1. The first-order chi connectivity index (χ1) is 13.7. The van der Waals surface area contributed by atoms with Gasteiger partial charge in [0.15, 0.2) is 18.1 Å². The third kappa shape index (κ3) is 5.17. The van der Waals surface area contributed by atoms with Crippen molar-refractivity contribution in [3.63, 3.8) is 0 Å². The highest BCUT2D eigenvalue weighted by Crippen LogP contribution is 2.41. The lowest BCUT2D eigenvalue weighted by atomic mass is 10.0. The van der Waals surface area contributed by atoms with E-state index in [9.17, 15) is 18.0 Å². The molecule has 0 radical (unpaired) electrons. The van der Waals surface area contributed by atoms with Gasteiger partial charge in [-0.15, -0.1) is 0 Å². The van der Waals surface area contributed by atoms with Crippen LogP contribution in [0.25, 0.3) is 0 Å². The fourth-order valence-electron chi connectivity index (χ4n) is 2.81. The molecule has 0 bridgehead atoms. The SMILES string of the molecule is CC1(C)Cc2cccc(OCC(=O)NNC(=O)NS(=O)(=O)c3ccccc3)c2O1. The van der Waals surface area contributed by atoms with Crippen molar-refractivity contribution in [3.05, 3.63) is 54.1 Å². The van der Waals surface area contributed by atoms with Gasteiger partial charge in [-0.25, -0.2) is 23.4 Å². The number of sulfonamides is 1. The maximum Gasteiger partial charge on any atom is 0.347 e. The molecule has 2 aromatic carbocycles. The van der Waals surface area contributed by atoms with Crippen molar-refractivity contribution in [1.29, 1.82) is 0 Å². The first-order valence-corrected chi connectivity index (χ1v) is 10.2. The molecule has 0 unspecified atom stereocenters. The predicted molar refractivity (Wildman–Crippen MR) is 104 cm³/mol. The van der Waals surface area contributed by atoms with E-state index in [1.807, 2.05) is 25.3 Å². The molecule has 10 heteroatoms. The number of para-hydroxylation sites is 1. The molecule has 0 fully saturated rings. The molecule has 0 spiro atoms. The second kappa shape index (κ2) is 8.00. The number of rotatable bonds is 5. The maximum absolute atomic E-state index is 12.0. The molecule has 3 rings (SSSR count). The third-order valence-corrected chi connectivity index (χ3v) is 5.36. The Hall–Kier alpha value is -3.27. The predicted octanol–water partition coefficient (Wildman–Crippen LogP) is 1.50. The fraction of sp³-hybridized carbons (Fsp3) is 0.263. The zero-order chi connectivity index (χ0) is 21.1. The summed E-state index contributed by atoms with van der Waals surface area (Å²) < 4.78 is 37.2. The average Bonchev–Trinajstić information content (AvgIpc) is 2.99. The first kappa shape index (κ1) is 20.5. The summed E-state index contributed by atoms with van der Waals surface area (Å²) >= 11 is 0. The Labute approximate surface area is 168 Å². The topological polar surface area (TPSA) is 123 Å². The fourth-order valence-corrected chi connectivity index (χ4v) is 3.74. The number of hydrogen-bond acceptors (Lipinski definition) is 6. The van der Waals surface area contributed by atoms with Crippen molar-refractivity contribution in [2.75, 3.05) is 6.61 Å². The van der Waals surface area contributed by atoms with Gasteiger partial charge >= 0.3 is 6.03 Å². The minimum atomic E-state index is -4.04. The molecule has 0 saturated heterocycles. The lowest BCUT2D eigenvalue weighted by Crippen LogP contribution is -2.49. The van der Waals surface area contributed by atoms with Crippen molar-refractivity contribution < 1.29 is 27.5 Å². The van der Waals surface area contributed by atoms with Crippen LogP contribution in [0.15, 0.2) is 53.4 Å². The van der Waals surface area contributed by atoms with E-state index in [-0.39, 0.29) is 10.5 Å². The van der Waals surface area contributed by atoms with Crippen molar-refractivity contribution in [2.24, 2.45) is 0 Å². The van der Waals surface area contributed by atoms with Crippen molar-refractivity contribution >= 4 is 22.0 Å². The molecule has 154 valence electrons. The van der Waals surface area contributed by atoms with Gasteiger partial charge < -0.3 is 9.47 Å². The van der Waals surface area contributed by atoms with Crippen LogP contribution in [-0.4, -0.2) is 32.6 Å². The molecule has 9 nitrogen and oxygen atoms in total. The molecule has 1 aliphatic rings. The number of benzene rings is 2. The minimum absolute atomic E-state index is 0.0781. The van der Waals surface area contributed by atoms with Gasteiger partial charge in [0.05, 0.1) is 4.90 Å². The van der Waals surface area contributed by atoms with Gasteiger partial charge in [0.25, 0.3) is 15.9 Å². The van der Waals surface area contributed by atoms with Crippen LogP contribution in [0.5, 0.6) is 11.5 Å². The molecule has 0 aliphatic carbocycles. The van der Waals surface area contributed by atoms with E-state index < -0.39 is 28.6 Å². The molecule has 0 saturated carbocycles. The average molecular weight is 419 g/mol. The van der Waals surface area contributed by atoms with Gasteiger partial charge in [-0.1, -0.05) is 30.3 Å². The Bertz CT molecular complexity index is 1020. The number of carbonyl (C=O) groups excluding carboxylic acids is 2. The Morgan fingerprint density at radius 3 is 2.52 bits per heavy atom. The highest BCUT2D eigenvalue weighted by Gasteiger charge is 2.32. The van der Waals surface area contributed by atoms with Gasteiger partial charge in [-0.05, 0) is 32.0 Å². The lowest BCUT2D eigenvalue weighted by Gasteiger charge is -2.18. The summed E-state index contributed by atoms with van der Waals surface area (Å²) in [4.78, 5) is 23.6. The summed E-state index contributed by atoms with van der Waals surface area (Å²) in [7, 11) is -4.04. The van der Waals surface area contributed by atoms with Gasteiger partial charge in [0.2, 0.25) is 0 Å². The van der Waals surface area contributed by atoms with Crippen molar-refractivity contribution in [1.82, 2.24) is 15.6 Å². The summed E-state index contributed by atoms with van der Waals surface area (Å²) in [6.45, 7) is 3.51. The summed E-state index contributed by atoms with van der Waals surface area (Å²) in [6, 6.07) is 11.7. The van der Waals surface area contributed by atoms with E-state index in [0.29, 0.717) is 11.5 Å². The number of ether oxygens (including phenoxy) is 2. The maximum atomic E-state index is 12.0. The van der Waals surface area contributed by atoms with E-state index in [1.165, 1.54) is 24.3 Å². The molecule has 1 heterocycles. The van der Waals surface area contributed by atoms with Crippen LogP contribution in [0, 0.1) is 0 Å². The van der Waals surface area contributed by atoms with Gasteiger partial charge in [0, 0.05) is 12.0 Å². The molecule has 29 heavy (non-hydrogen) atoms. The van der Waals surface area contributed by atoms with Crippen LogP contribution < -0.4 is 25.0 Å². The Balaban J connectivity index is 1.49. The molecular weight excluding hydrogens is 398 g/mol. The highest BCUT2D eigenvalue weighted by molar-refractivity contribution is 7.90. The molecule has 1 aliphatic heterocycles. The normalized spacial score (nSPS) is 14.3. The number of carbonyl (C=O) groups is 2. The van der Waals surface area contributed by atoms with Crippen LogP contribution in [0.1, 0.15) is 19.4 Å². The van der Waals surface area contributed by atoms with Gasteiger partial charge in [-0.2, -0.15) is 0 Å². The standard InChI is InChI=1S/C19H21N3O6S/c1-19(2)11-13-7-6-10-15(17(13)28-19)27-12-16(23)20-21-18(24)22-29(25,26)14-8-4-3-5-9-14/h3-10H,11-12H2,1-2H3,(H,20,23)(H2,21,22,24). The zero-order valence-corrected chi connectivity index (χ0v) is 16.7. The lowest BCUT2D eigenvalue weighted by molar-refractivity contribution is -0.123. The number of fused-ring (bicyclic) bond motifs is 1. The van der Waals surface area contributed by atoms with E-state index in [4.69, 9.17) is 9.47 Å². The number of amides is 3. The number of nitrogens with one attached hydrogen (secondary N) is 3. The molecular formula is C19H21N3O6S. The molecule has 3 N–H and O–H groups in total. The second-order valence-corrected chi connectivity index (χ2v) is 8.67. The van der Waals surface area contributed by atoms with Crippen LogP contribution in [0.3, 0.4) is 0 Å². The largest absolute Gasteiger partial charge is 0.483 e. The molecule has 0 atom stereocenters. The summed E-state index contributed by atoms with van der Waals surface area (Å²) in [5.41, 5.74) is 4.68. The van der Waals surface area contributed by atoms with Crippen LogP contribution >= 0.6 is 0 Å². The Kier molecular flexibility index (Phi) is 5.64. The van der Waals surface area contributed by atoms with E-state index in [1.54, 1.807) is 22.9 Å². The zero-order valence-electron chi connectivity index (χ0n) is 15.9. The van der Waals surface area contributed by atoms with E-state index in [2.05, 4.69) is 5.43 Å². The quantitative estimate of drug-likeness (QED) is 0.631.